The van der Waals surface area contributed by atoms with Gasteiger partial charge in [0.2, 0.25) is 0 Å². The van der Waals surface area contributed by atoms with E-state index >= 15 is 0 Å². The molecule has 6 nitrogen and oxygen atoms in total. The van der Waals surface area contributed by atoms with Crippen molar-refractivity contribution >= 4 is 29.0 Å². The van der Waals surface area contributed by atoms with E-state index in [9.17, 15) is 4.79 Å². The highest BCUT2D eigenvalue weighted by molar-refractivity contribution is 7.98. The topological polar surface area (TPSA) is 65.1 Å². The third kappa shape index (κ3) is 4.58. The van der Waals surface area contributed by atoms with E-state index in [0.717, 1.165) is 49.0 Å². The Kier molecular flexibility index (Phi) is 5.86. The molecule has 1 fully saturated rings. The molecule has 140 valence electrons. The van der Waals surface area contributed by atoms with Gasteiger partial charge in [-0.1, -0.05) is 36.0 Å². The Morgan fingerprint density at radius 2 is 2.00 bits per heavy atom. The quantitative estimate of drug-likeness (QED) is 0.645. The van der Waals surface area contributed by atoms with Crippen molar-refractivity contribution in [3.05, 3.63) is 64.1 Å². The minimum Gasteiger partial charge on any atom is -0.336 e. The Labute approximate surface area is 166 Å². The molecule has 0 spiro atoms. The molecule has 1 aromatic carbocycles. The van der Waals surface area contributed by atoms with Gasteiger partial charge in [-0.05, 0) is 23.1 Å². The fraction of sp³-hybridized carbons (Fsp3) is 0.316. The molecule has 0 radical (unpaired) electrons. The number of carbonyl (C=O) groups is 1. The lowest BCUT2D eigenvalue weighted by atomic mass is 10.1. The first-order valence-electron chi connectivity index (χ1n) is 8.89. The molecule has 1 aliphatic heterocycles. The predicted octanol–water partition coefficient (Wildman–Crippen LogP) is 3.12. The normalized spacial score (nSPS) is 15.2. The second kappa shape index (κ2) is 8.69. The van der Waals surface area contributed by atoms with Crippen LogP contribution >= 0.6 is 23.1 Å². The Morgan fingerprint density at radius 1 is 1.15 bits per heavy atom. The molecule has 2 aromatic heterocycles. The van der Waals surface area contributed by atoms with Gasteiger partial charge in [0.1, 0.15) is 6.33 Å². The molecule has 3 aromatic rings. The average Bonchev–Trinajstić information content (AvgIpc) is 3.41. The largest absolute Gasteiger partial charge is 0.336 e. The summed E-state index contributed by atoms with van der Waals surface area (Å²) in [4.78, 5) is 23.0. The molecule has 1 N–H and O–H groups in total. The van der Waals surface area contributed by atoms with E-state index in [-0.39, 0.29) is 5.91 Å². The van der Waals surface area contributed by atoms with Crippen molar-refractivity contribution in [3.63, 3.8) is 0 Å². The summed E-state index contributed by atoms with van der Waals surface area (Å²) in [5.74, 6) is 0.815. The lowest BCUT2D eigenvalue weighted by molar-refractivity contribution is 0.0629. The Morgan fingerprint density at radius 3 is 2.74 bits per heavy atom. The maximum Gasteiger partial charge on any atom is 0.254 e. The molecule has 4 rings (SSSR count). The number of aromatic amines is 1. The molecule has 0 atom stereocenters. The van der Waals surface area contributed by atoms with Gasteiger partial charge in [-0.3, -0.25) is 14.8 Å². The molecule has 1 saturated heterocycles. The monoisotopic (exact) mass is 399 g/mol. The molecule has 27 heavy (non-hydrogen) atoms. The van der Waals surface area contributed by atoms with Crippen LogP contribution in [0.15, 0.2) is 53.3 Å². The van der Waals surface area contributed by atoms with Crippen LogP contribution in [0, 0.1) is 0 Å². The predicted molar refractivity (Wildman–Crippen MR) is 108 cm³/mol. The Balaban J connectivity index is 1.37. The van der Waals surface area contributed by atoms with Gasteiger partial charge in [0.05, 0.1) is 0 Å². The highest BCUT2D eigenvalue weighted by Crippen LogP contribution is 2.23. The number of rotatable bonds is 6. The first kappa shape index (κ1) is 18.2. The molecular formula is C19H21N5OS2. The van der Waals surface area contributed by atoms with Crippen LogP contribution < -0.4 is 0 Å². The van der Waals surface area contributed by atoms with E-state index in [2.05, 4.69) is 37.6 Å². The lowest BCUT2D eigenvalue weighted by Gasteiger charge is -2.34. The zero-order chi connectivity index (χ0) is 18.5. The lowest BCUT2D eigenvalue weighted by Crippen LogP contribution is -2.48. The van der Waals surface area contributed by atoms with Crippen molar-refractivity contribution in [2.75, 3.05) is 26.2 Å². The summed E-state index contributed by atoms with van der Waals surface area (Å²) >= 11 is 3.34. The van der Waals surface area contributed by atoms with Crippen molar-refractivity contribution < 1.29 is 4.79 Å². The second-order valence-corrected chi connectivity index (χ2v) is 8.38. The van der Waals surface area contributed by atoms with Gasteiger partial charge in [0, 0.05) is 48.9 Å². The van der Waals surface area contributed by atoms with Crippen LogP contribution in [-0.2, 0) is 12.3 Å². The third-order valence-corrected chi connectivity index (χ3v) is 6.41. The van der Waals surface area contributed by atoms with Gasteiger partial charge in [-0.15, -0.1) is 11.3 Å². The minimum atomic E-state index is 0.125. The molecule has 0 unspecified atom stereocenters. The van der Waals surface area contributed by atoms with E-state index < -0.39 is 0 Å². The van der Waals surface area contributed by atoms with Gasteiger partial charge < -0.3 is 4.90 Å². The number of hydrogen-bond acceptors (Lipinski definition) is 6. The molecule has 3 heterocycles. The van der Waals surface area contributed by atoms with Crippen LogP contribution in [0.25, 0.3) is 0 Å². The van der Waals surface area contributed by atoms with Gasteiger partial charge in [-0.25, -0.2) is 4.98 Å². The van der Waals surface area contributed by atoms with E-state index in [0.29, 0.717) is 5.75 Å². The van der Waals surface area contributed by atoms with Crippen LogP contribution in [0.4, 0.5) is 0 Å². The molecule has 0 saturated carbocycles. The smallest absolute Gasteiger partial charge is 0.254 e. The van der Waals surface area contributed by atoms with E-state index in [1.54, 1.807) is 23.1 Å². The fourth-order valence-corrected chi connectivity index (χ4v) is 4.70. The molecule has 1 amide bonds. The maximum atomic E-state index is 13.1. The van der Waals surface area contributed by atoms with Crippen molar-refractivity contribution in [1.82, 2.24) is 25.0 Å². The van der Waals surface area contributed by atoms with Crippen LogP contribution in [0.1, 0.15) is 20.8 Å². The summed E-state index contributed by atoms with van der Waals surface area (Å²) < 4.78 is 0. The maximum absolute atomic E-state index is 13.1. The first-order chi connectivity index (χ1) is 13.3. The highest BCUT2D eigenvalue weighted by atomic mass is 32.2. The van der Waals surface area contributed by atoms with E-state index in [1.165, 1.54) is 11.2 Å². The first-order valence-corrected chi connectivity index (χ1v) is 10.8. The number of benzene rings is 1. The Hall–Kier alpha value is -2.16. The van der Waals surface area contributed by atoms with Crippen molar-refractivity contribution in [1.29, 1.82) is 0 Å². The summed E-state index contributed by atoms with van der Waals surface area (Å²) in [6, 6.07) is 12.1. The molecular weight excluding hydrogens is 378 g/mol. The number of hydrogen-bond donors (Lipinski definition) is 1. The number of nitrogens with zero attached hydrogens (tertiary/aromatic N) is 4. The van der Waals surface area contributed by atoms with Gasteiger partial charge in [0.15, 0.2) is 5.16 Å². The van der Waals surface area contributed by atoms with Gasteiger partial charge in [0.25, 0.3) is 5.91 Å². The number of nitrogens with one attached hydrogen (secondary N) is 1. The van der Waals surface area contributed by atoms with Gasteiger partial charge >= 0.3 is 0 Å². The van der Waals surface area contributed by atoms with Crippen molar-refractivity contribution in [3.8, 4) is 0 Å². The van der Waals surface area contributed by atoms with Crippen LogP contribution in [0.5, 0.6) is 0 Å². The Bertz CT molecular complexity index is 858. The summed E-state index contributed by atoms with van der Waals surface area (Å²) in [5, 5.41) is 9.58. The van der Waals surface area contributed by atoms with Crippen LogP contribution in [0.3, 0.4) is 0 Å². The number of piperazine rings is 1. The average molecular weight is 400 g/mol. The molecule has 8 heteroatoms. The molecule has 0 aliphatic carbocycles. The summed E-state index contributed by atoms with van der Waals surface area (Å²) in [5.41, 5.74) is 1.82. The second-order valence-electron chi connectivity index (χ2n) is 6.38. The number of carbonyl (C=O) groups excluding carboxylic acids is 1. The zero-order valence-electron chi connectivity index (χ0n) is 14.9. The zero-order valence-corrected chi connectivity index (χ0v) is 16.5. The summed E-state index contributed by atoms with van der Waals surface area (Å²) in [6.07, 6.45) is 1.50. The number of H-pyrrole nitrogens is 1. The molecule has 1 aliphatic rings. The number of thioether (sulfide) groups is 1. The van der Waals surface area contributed by atoms with Crippen molar-refractivity contribution in [2.45, 2.75) is 17.5 Å². The van der Waals surface area contributed by atoms with E-state index in [1.807, 2.05) is 29.2 Å². The third-order valence-electron chi connectivity index (χ3n) is 4.62. The number of aromatic nitrogens is 3. The van der Waals surface area contributed by atoms with Crippen molar-refractivity contribution in [2.24, 2.45) is 0 Å². The number of amides is 1. The van der Waals surface area contributed by atoms with E-state index in [4.69, 9.17) is 0 Å². The minimum absolute atomic E-state index is 0.125. The highest BCUT2D eigenvalue weighted by Gasteiger charge is 2.23. The van der Waals surface area contributed by atoms with Crippen LogP contribution in [0.2, 0.25) is 0 Å². The van der Waals surface area contributed by atoms with Crippen LogP contribution in [-0.4, -0.2) is 57.1 Å². The standard InChI is InChI=1S/C19H21N5OS2/c25-18(24-9-7-23(8-10-24)12-16-5-3-11-26-16)17-6-2-1-4-15(17)13-27-19-20-14-21-22-19/h1-6,11,14H,7-10,12-13H2,(H,20,21,22). The molecule has 0 bridgehead atoms. The summed E-state index contributed by atoms with van der Waals surface area (Å²) in [7, 11) is 0. The fourth-order valence-electron chi connectivity index (χ4n) is 3.17. The number of thiophene rings is 1. The SMILES string of the molecule is O=C(c1ccccc1CSc1ncn[nH]1)N1CCN(Cc2cccs2)CC1. The summed E-state index contributed by atoms with van der Waals surface area (Å²) in [6.45, 7) is 4.35. The van der Waals surface area contributed by atoms with Gasteiger partial charge in [-0.2, -0.15) is 5.10 Å².